The molecule has 0 saturated carbocycles. The summed E-state index contributed by atoms with van der Waals surface area (Å²) in [5.41, 5.74) is 2.23. The average Bonchev–Trinajstić information content (AvgIpc) is 3.08. The molecule has 4 nitrogen and oxygen atoms in total. The number of hydrogen-bond acceptors (Lipinski definition) is 5. The van der Waals surface area contributed by atoms with Crippen LogP contribution >= 0.6 is 23.1 Å². The van der Waals surface area contributed by atoms with Gasteiger partial charge in [-0.25, -0.2) is 0 Å². The number of aryl methyl sites for hydroxylation is 2. The van der Waals surface area contributed by atoms with Crippen molar-refractivity contribution < 1.29 is 0 Å². The third-order valence-electron chi connectivity index (χ3n) is 2.92. The van der Waals surface area contributed by atoms with Gasteiger partial charge in [-0.15, -0.1) is 16.4 Å². The number of aromatic amines is 1. The van der Waals surface area contributed by atoms with Crippen LogP contribution in [0.4, 0.5) is 11.6 Å². The number of anilines is 2. The van der Waals surface area contributed by atoms with Gasteiger partial charge in [-0.05, 0) is 38.1 Å². The van der Waals surface area contributed by atoms with Gasteiger partial charge in [0, 0.05) is 21.2 Å². The zero-order valence-electron chi connectivity index (χ0n) is 11.9. The monoisotopic (exact) mass is 316 g/mol. The Morgan fingerprint density at radius 1 is 1.14 bits per heavy atom. The molecule has 0 unspecified atom stereocenters. The summed E-state index contributed by atoms with van der Waals surface area (Å²) >= 11 is 3.48. The quantitative estimate of drug-likeness (QED) is 0.680. The second kappa shape index (κ2) is 6.32. The maximum Gasteiger partial charge on any atom is 0.247 e. The molecule has 0 aliphatic rings. The lowest BCUT2D eigenvalue weighted by molar-refractivity contribution is 0.973. The van der Waals surface area contributed by atoms with E-state index in [-0.39, 0.29) is 0 Å². The van der Waals surface area contributed by atoms with E-state index in [1.165, 1.54) is 15.3 Å². The van der Waals surface area contributed by atoms with Gasteiger partial charge in [-0.3, -0.25) is 5.10 Å². The van der Waals surface area contributed by atoms with Crippen LogP contribution in [0.2, 0.25) is 0 Å². The van der Waals surface area contributed by atoms with Crippen LogP contribution in [0.1, 0.15) is 15.3 Å². The van der Waals surface area contributed by atoms with Crippen molar-refractivity contribution in [3.63, 3.8) is 0 Å². The van der Waals surface area contributed by atoms with E-state index in [0.717, 1.165) is 16.6 Å². The molecule has 3 aromatic rings. The molecule has 3 rings (SSSR count). The van der Waals surface area contributed by atoms with Gasteiger partial charge in [0.15, 0.2) is 5.16 Å². The van der Waals surface area contributed by atoms with Gasteiger partial charge in [0.25, 0.3) is 0 Å². The number of hydrogen-bond donors (Lipinski definition) is 2. The second-order valence-electron chi connectivity index (χ2n) is 4.76. The van der Waals surface area contributed by atoms with Gasteiger partial charge in [0.05, 0.1) is 0 Å². The van der Waals surface area contributed by atoms with E-state index in [0.29, 0.717) is 5.95 Å². The van der Waals surface area contributed by atoms with Gasteiger partial charge >= 0.3 is 0 Å². The fraction of sp³-hybridized carbons (Fsp3) is 0.200. The number of thioether (sulfide) groups is 1. The Hall–Kier alpha value is -1.79. The maximum atomic E-state index is 4.44. The van der Waals surface area contributed by atoms with Crippen molar-refractivity contribution in [1.82, 2.24) is 15.2 Å². The fourth-order valence-electron chi connectivity index (χ4n) is 1.84. The molecular formula is C15H16N4S2. The van der Waals surface area contributed by atoms with Gasteiger partial charge in [-0.2, -0.15) is 4.98 Å². The number of thiophene rings is 1. The molecule has 0 amide bonds. The summed E-state index contributed by atoms with van der Waals surface area (Å²) < 4.78 is 0. The summed E-state index contributed by atoms with van der Waals surface area (Å²) in [7, 11) is 0. The number of rotatable bonds is 5. The lowest BCUT2D eigenvalue weighted by Gasteiger charge is -2.01. The molecule has 2 N–H and O–H groups in total. The Morgan fingerprint density at radius 3 is 2.67 bits per heavy atom. The van der Waals surface area contributed by atoms with E-state index in [9.17, 15) is 0 Å². The summed E-state index contributed by atoms with van der Waals surface area (Å²) in [5.74, 6) is 1.52. The molecule has 0 atom stereocenters. The minimum atomic E-state index is 0.601. The van der Waals surface area contributed by atoms with Crippen molar-refractivity contribution in [3.8, 4) is 0 Å². The molecule has 6 heteroatoms. The smallest absolute Gasteiger partial charge is 0.247 e. The molecule has 0 bridgehead atoms. The maximum absolute atomic E-state index is 4.44. The molecule has 1 aromatic carbocycles. The van der Waals surface area contributed by atoms with Crippen LogP contribution in [-0.2, 0) is 5.75 Å². The first kappa shape index (κ1) is 14.2. The van der Waals surface area contributed by atoms with Gasteiger partial charge in [0.2, 0.25) is 5.95 Å². The fourth-order valence-corrected chi connectivity index (χ4v) is 3.57. The highest BCUT2D eigenvalue weighted by Crippen LogP contribution is 2.25. The summed E-state index contributed by atoms with van der Waals surface area (Å²) in [5, 5.41) is 11.2. The predicted octanol–water partition coefficient (Wildman–Crippen LogP) is 4.52. The molecular weight excluding hydrogens is 300 g/mol. The van der Waals surface area contributed by atoms with E-state index < -0.39 is 0 Å². The Balaban J connectivity index is 1.59. The minimum Gasteiger partial charge on any atom is -0.323 e. The lowest BCUT2D eigenvalue weighted by Crippen LogP contribution is -1.92. The Bertz CT molecular complexity index is 715. The summed E-state index contributed by atoms with van der Waals surface area (Å²) in [6, 6.07) is 12.5. The molecule has 108 valence electrons. The standard InChI is InChI=1S/C15H16N4S2/c1-10-3-6-12(7-4-10)16-14-17-15(19-18-14)20-9-13-8-5-11(2)21-13/h3-8H,9H2,1-2H3,(H2,16,17,18,19). The van der Waals surface area contributed by atoms with Crippen LogP contribution in [0.3, 0.4) is 0 Å². The normalized spacial score (nSPS) is 10.8. The Morgan fingerprint density at radius 2 is 1.95 bits per heavy atom. The van der Waals surface area contributed by atoms with Crippen LogP contribution in [0.5, 0.6) is 0 Å². The minimum absolute atomic E-state index is 0.601. The predicted molar refractivity (Wildman–Crippen MR) is 89.5 cm³/mol. The first-order valence-corrected chi connectivity index (χ1v) is 8.43. The zero-order valence-corrected chi connectivity index (χ0v) is 13.5. The molecule has 0 fully saturated rings. The van der Waals surface area contributed by atoms with E-state index >= 15 is 0 Å². The van der Waals surface area contributed by atoms with Gasteiger partial charge < -0.3 is 5.32 Å². The van der Waals surface area contributed by atoms with Crippen molar-refractivity contribution in [1.29, 1.82) is 0 Å². The van der Waals surface area contributed by atoms with Crippen LogP contribution in [0.25, 0.3) is 0 Å². The molecule has 21 heavy (non-hydrogen) atoms. The van der Waals surface area contributed by atoms with E-state index in [2.05, 4.69) is 58.6 Å². The zero-order chi connectivity index (χ0) is 14.7. The lowest BCUT2D eigenvalue weighted by atomic mass is 10.2. The van der Waals surface area contributed by atoms with Crippen LogP contribution < -0.4 is 5.32 Å². The summed E-state index contributed by atoms with van der Waals surface area (Å²) in [6.45, 7) is 4.19. The van der Waals surface area contributed by atoms with E-state index in [1.807, 2.05) is 23.5 Å². The summed E-state index contributed by atoms with van der Waals surface area (Å²) in [4.78, 5) is 7.13. The molecule has 0 saturated heterocycles. The highest BCUT2D eigenvalue weighted by Gasteiger charge is 2.05. The third kappa shape index (κ3) is 3.86. The summed E-state index contributed by atoms with van der Waals surface area (Å²) in [6.07, 6.45) is 0. The molecule has 0 aliphatic carbocycles. The number of benzene rings is 1. The number of nitrogens with zero attached hydrogens (tertiary/aromatic N) is 2. The van der Waals surface area contributed by atoms with Crippen molar-refractivity contribution in [2.45, 2.75) is 24.8 Å². The second-order valence-corrected chi connectivity index (χ2v) is 7.09. The Labute approximate surface area is 132 Å². The first-order valence-electron chi connectivity index (χ1n) is 6.63. The van der Waals surface area contributed by atoms with E-state index in [4.69, 9.17) is 0 Å². The molecule has 0 spiro atoms. The van der Waals surface area contributed by atoms with Crippen molar-refractivity contribution in [2.75, 3.05) is 5.32 Å². The van der Waals surface area contributed by atoms with Crippen molar-refractivity contribution in [2.24, 2.45) is 0 Å². The third-order valence-corrected chi connectivity index (χ3v) is 5.01. The average molecular weight is 316 g/mol. The highest BCUT2D eigenvalue weighted by atomic mass is 32.2. The molecule has 0 aliphatic heterocycles. The first-order chi connectivity index (χ1) is 10.2. The Kier molecular flexibility index (Phi) is 4.26. The SMILES string of the molecule is Cc1ccc(Nc2n[nH]c(SCc3ccc(C)s3)n2)cc1. The van der Waals surface area contributed by atoms with Crippen molar-refractivity contribution >= 4 is 34.7 Å². The van der Waals surface area contributed by atoms with Gasteiger partial charge in [-0.1, -0.05) is 29.5 Å². The molecule has 2 heterocycles. The number of aromatic nitrogens is 3. The molecule has 0 radical (unpaired) electrons. The largest absolute Gasteiger partial charge is 0.323 e. The van der Waals surface area contributed by atoms with Crippen LogP contribution in [0, 0.1) is 13.8 Å². The molecule has 2 aromatic heterocycles. The van der Waals surface area contributed by atoms with Crippen LogP contribution in [-0.4, -0.2) is 15.2 Å². The number of nitrogens with one attached hydrogen (secondary N) is 2. The van der Waals surface area contributed by atoms with Crippen molar-refractivity contribution in [3.05, 3.63) is 51.7 Å². The van der Waals surface area contributed by atoms with E-state index in [1.54, 1.807) is 11.8 Å². The van der Waals surface area contributed by atoms with Crippen LogP contribution in [0.15, 0.2) is 41.6 Å². The topological polar surface area (TPSA) is 53.6 Å². The number of H-pyrrole nitrogens is 1. The van der Waals surface area contributed by atoms with Gasteiger partial charge in [0.1, 0.15) is 0 Å². The highest BCUT2D eigenvalue weighted by molar-refractivity contribution is 7.98.